The number of thiazole rings is 1. The van der Waals surface area contributed by atoms with E-state index in [2.05, 4.69) is 32.3 Å². The van der Waals surface area contributed by atoms with Crippen molar-refractivity contribution in [2.45, 2.75) is 0 Å². The van der Waals surface area contributed by atoms with Gasteiger partial charge in [0.1, 0.15) is 28.0 Å². The summed E-state index contributed by atoms with van der Waals surface area (Å²) in [7, 11) is 1.58. The lowest BCUT2D eigenvalue weighted by atomic mass is 10.1. The van der Waals surface area contributed by atoms with Crippen LogP contribution in [-0.4, -0.2) is 12.1 Å². The van der Waals surface area contributed by atoms with Crippen LogP contribution in [0.15, 0.2) is 73.8 Å². The van der Waals surface area contributed by atoms with E-state index in [0.29, 0.717) is 33.2 Å². The van der Waals surface area contributed by atoms with Crippen molar-refractivity contribution in [3.63, 3.8) is 0 Å². The van der Waals surface area contributed by atoms with Gasteiger partial charge in [-0.15, -0.1) is 11.3 Å². The molecule has 8 heteroatoms. The predicted molar refractivity (Wildman–Crippen MR) is 121 cm³/mol. The average molecular weight is 480 g/mol. The predicted octanol–water partition coefficient (Wildman–Crippen LogP) is 5.66. The van der Waals surface area contributed by atoms with Crippen molar-refractivity contribution in [1.82, 2.24) is 4.98 Å². The number of allylic oxidation sites excluding steroid dienone is 1. The van der Waals surface area contributed by atoms with Gasteiger partial charge < -0.3 is 14.5 Å². The molecule has 0 spiro atoms. The number of anilines is 1. The first kappa shape index (κ1) is 19.9. The Kier molecular flexibility index (Phi) is 5.65. The highest BCUT2D eigenvalue weighted by molar-refractivity contribution is 9.10. The van der Waals surface area contributed by atoms with Crippen molar-refractivity contribution in [2.24, 2.45) is 0 Å². The molecule has 148 valence electrons. The number of benzene rings is 2. The molecule has 6 nitrogen and oxygen atoms in total. The minimum Gasteiger partial charge on any atom is -0.495 e. The number of hydrogen-bond donors (Lipinski definition) is 1. The Morgan fingerprint density at radius 2 is 2.13 bits per heavy atom. The quantitative estimate of drug-likeness (QED) is 0.293. The summed E-state index contributed by atoms with van der Waals surface area (Å²) >= 11 is 4.69. The molecule has 0 atom stereocenters. The zero-order valence-electron chi connectivity index (χ0n) is 15.7. The van der Waals surface area contributed by atoms with Crippen molar-refractivity contribution < 1.29 is 9.15 Å². The zero-order valence-corrected chi connectivity index (χ0v) is 18.1. The fraction of sp³-hybridized carbons (Fsp3) is 0.0455. The third-order valence-corrected chi connectivity index (χ3v) is 5.67. The monoisotopic (exact) mass is 479 g/mol. The fourth-order valence-corrected chi connectivity index (χ4v) is 4.01. The van der Waals surface area contributed by atoms with Crippen molar-refractivity contribution in [3.8, 4) is 23.1 Å². The number of rotatable bonds is 5. The molecular formula is C22H14BrN3O3S. The number of nitrogens with one attached hydrogen (secondary N) is 1. The molecule has 0 aliphatic rings. The summed E-state index contributed by atoms with van der Waals surface area (Å²) in [6.45, 7) is 0. The number of nitrogens with zero attached hydrogens (tertiary/aromatic N) is 2. The van der Waals surface area contributed by atoms with E-state index in [-0.39, 0.29) is 0 Å². The molecule has 30 heavy (non-hydrogen) atoms. The van der Waals surface area contributed by atoms with Gasteiger partial charge in [0.2, 0.25) is 0 Å². The number of ether oxygens (including phenoxy) is 1. The van der Waals surface area contributed by atoms with Crippen LogP contribution in [-0.2, 0) is 0 Å². The first-order valence-electron chi connectivity index (χ1n) is 8.78. The molecule has 1 N–H and O–H groups in total. The van der Waals surface area contributed by atoms with Gasteiger partial charge in [-0.25, -0.2) is 9.78 Å². The van der Waals surface area contributed by atoms with Crippen LogP contribution < -0.4 is 15.7 Å². The van der Waals surface area contributed by atoms with Gasteiger partial charge in [-0.1, -0.05) is 28.1 Å². The van der Waals surface area contributed by atoms with E-state index >= 15 is 0 Å². The molecule has 0 radical (unpaired) electrons. The third-order valence-electron chi connectivity index (χ3n) is 4.30. The molecule has 2 aromatic carbocycles. The first-order valence-corrected chi connectivity index (χ1v) is 10.5. The standard InChI is InChI=1S/C22H14BrN3O3S/c1-28-20-5-3-2-4-17(20)25-11-14(10-24)21-26-18(12-30-21)16-9-13-8-15(23)6-7-19(13)29-22(16)27/h2-9,11-12,25H,1H3. The van der Waals surface area contributed by atoms with Crippen LogP contribution in [0.5, 0.6) is 5.75 Å². The number of methoxy groups -OCH3 is 1. The second-order valence-corrected chi connectivity index (χ2v) is 7.96. The Hall–Kier alpha value is -3.41. The summed E-state index contributed by atoms with van der Waals surface area (Å²) in [6.07, 6.45) is 1.57. The van der Waals surface area contributed by atoms with Gasteiger partial charge in [-0.05, 0) is 36.4 Å². The maximum atomic E-state index is 12.4. The Bertz CT molecular complexity index is 1370. The van der Waals surface area contributed by atoms with Gasteiger partial charge in [-0.3, -0.25) is 0 Å². The molecule has 0 aliphatic heterocycles. The Labute approximate surface area is 184 Å². The van der Waals surface area contributed by atoms with Crippen LogP contribution in [0.4, 0.5) is 5.69 Å². The molecular weight excluding hydrogens is 466 g/mol. The number of fused-ring (bicyclic) bond motifs is 1. The van der Waals surface area contributed by atoms with Crippen LogP contribution in [0.2, 0.25) is 0 Å². The number of aromatic nitrogens is 1. The van der Waals surface area contributed by atoms with E-state index in [1.54, 1.807) is 30.8 Å². The molecule has 0 unspecified atom stereocenters. The van der Waals surface area contributed by atoms with Gasteiger partial charge in [0.15, 0.2) is 0 Å². The molecule has 2 aromatic heterocycles. The van der Waals surface area contributed by atoms with E-state index in [0.717, 1.165) is 15.5 Å². The van der Waals surface area contributed by atoms with Crippen LogP contribution in [0.25, 0.3) is 27.8 Å². The minimum atomic E-state index is -0.476. The maximum Gasteiger partial charge on any atom is 0.345 e. The molecule has 0 aliphatic carbocycles. The largest absolute Gasteiger partial charge is 0.495 e. The lowest BCUT2D eigenvalue weighted by Crippen LogP contribution is -2.03. The summed E-state index contributed by atoms with van der Waals surface area (Å²) in [5.41, 5.74) is 1.90. The summed E-state index contributed by atoms with van der Waals surface area (Å²) in [6, 6.07) is 16.7. The summed E-state index contributed by atoms with van der Waals surface area (Å²) in [5.74, 6) is 0.658. The normalized spacial score (nSPS) is 11.3. The molecule has 2 heterocycles. The Morgan fingerprint density at radius 3 is 2.93 bits per heavy atom. The number of nitriles is 1. The van der Waals surface area contributed by atoms with Crippen LogP contribution in [0.3, 0.4) is 0 Å². The van der Waals surface area contributed by atoms with E-state index < -0.39 is 5.63 Å². The smallest absolute Gasteiger partial charge is 0.345 e. The molecule has 0 saturated carbocycles. The first-order chi connectivity index (χ1) is 14.6. The number of halogens is 1. The van der Waals surface area contributed by atoms with Crippen molar-refractivity contribution in [3.05, 3.63) is 80.0 Å². The van der Waals surface area contributed by atoms with Crippen LogP contribution >= 0.6 is 27.3 Å². The summed E-state index contributed by atoms with van der Waals surface area (Å²) in [5, 5.41) is 15.7. The van der Waals surface area contributed by atoms with E-state index in [1.807, 2.05) is 36.4 Å². The highest BCUT2D eigenvalue weighted by atomic mass is 79.9. The third kappa shape index (κ3) is 3.99. The molecule has 4 aromatic rings. The Morgan fingerprint density at radius 1 is 1.30 bits per heavy atom. The van der Waals surface area contributed by atoms with Gasteiger partial charge in [0, 0.05) is 21.4 Å². The van der Waals surface area contributed by atoms with Gasteiger partial charge in [0.05, 0.1) is 24.1 Å². The van der Waals surface area contributed by atoms with Gasteiger partial charge in [0.25, 0.3) is 0 Å². The average Bonchev–Trinajstić information content (AvgIpc) is 3.24. The molecule has 0 fully saturated rings. The molecule has 0 amide bonds. The van der Waals surface area contributed by atoms with Crippen LogP contribution in [0, 0.1) is 11.3 Å². The van der Waals surface area contributed by atoms with Crippen molar-refractivity contribution in [2.75, 3.05) is 12.4 Å². The van der Waals surface area contributed by atoms with E-state index in [4.69, 9.17) is 9.15 Å². The molecule has 0 saturated heterocycles. The Balaban J connectivity index is 1.67. The minimum absolute atomic E-state index is 0.338. The highest BCUT2D eigenvalue weighted by Gasteiger charge is 2.14. The summed E-state index contributed by atoms with van der Waals surface area (Å²) in [4.78, 5) is 16.9. The summed E-state index contributed by atoms with van der Waals surface area (Å²) < 4.78 is 11.6. The SMILES string of the molecule is COc1ccccc1NC=C(C#N)c1nc(-c2cc3cc(Br)ccc3oc2=O)cs1. The van der Waals surface area contributed by atoms with Gasteiger partial charge >= 0.3 is 5.63 Å². The second kappa shape index (κ2) is 8.53. The second-order valence-electron chi connectivity index (χ2n) is 6.18. The van der Waals surface area contributed by atoms with Crippen LogP contribution in [0.1, 0.15) is 5.01 Å². The lowest BCUT2D eigenvalue weighted by Gasteiger charge is -2.07. The van der Waals surface area contributed by atoms with Crippen molar-refractivity contribution in [1.29, 1.82) is 5.26 Å². The fourth-order valence-electron chi connectivity index (χ4n) is 2.85. The molecule has 0 bridgehead atoms. The molecule has 4 rings (SSSR count). The maximum absolute atomic E-state index is 12.4. The van der Waals surface area contributed by atoms with E-state index in [1.165, 1.54) is 11.3 Å². The zero-order chi connectivity index (χ0) is 21.1. The number of para-hydroxylation sites is 2. The van der Waals surface area contributed by atoms with E-state index in [9.17, 15) is 10.1 Å². The number of hydrogen-bond acceptors (Lipinski definition) is 7. The highest BCUT2D eigenvalue weighted by Crippen LogP contribution is 2.28. The topological polar surface area (TPSA) is 88.2 Å². The van der Waals surface area contributed by atoms with Crippen molar-refractivity contribution >= 4 is 49.5 Å². The lowest BCUT2D eigenvalue weighted by molar-refractivity contribution is 0.417. The van der Waals surface area contributed by atoms with Gasteiger partial charge in [-0.2, -0.15) is 5.26 Å².